The number of carbonyl (C=O) groups excluding carboxylic acids is 1. The number of rotatable bonds is 7. The number of hydrogen-bond acceptors (Lipinski definition) is 4. The number of nitrogens with zero attached hydrogens (tertiary/aromatic N) is 2. The fraction of sp³-hybridized carbons (Fsp3) is 0.182. The number of nitrogens with one attached hydrogen (secondary N) is 1. The van der Waals surface area contributed by atoms with Crippen LogP contribution in [0.4, 0.5) is 10.1 Å². The molecule has 0 aliphatic rings. The second-order valence-electron chi connectivity index (χ2n) is 6.49. The number of anilines is 1. The molecule has 0 saturated carbocycles. The topological polar surface area (TPSA) is 55.6 Å². The maximum atomic E-state index is 14.0. The first-order valence-corrected chi connectivity index (χ1v) is 10.2. The van der Waals surface area contributed by atoms with E-state index in [0.717, 1.165) is 22.1 Å². The van der Waals surface area contributed by atoms with E-state index in [1.807, 2.05) is 47.2 Å². The lowest BCUT2D eigenvalue weighted by Crippen LogP contribution is -2.12. The number of aromatic nitrogens is 2. The largest absolute Gasteiger partial charge is 0.494 e. The highest BCUT2D eigenvalue weighted by Crippen LogP contribution is 2.26. The molecule has 7 heteroatoms. The Morgan fingerprint density at radius 1 is 1.21 bits per heavy atom. The zero-order valence-corrected chi connectivity index (χ0v) is 16.7. The van der Waals surface area contributed by atoms with Gasteiger partial charge in [-0.15, -0.1) is 11.3 Å². The first-order valence-electron chi connectivity index (χ1n) is 9.37. The summed E-state index contributed by atoms with van der Waals surface area (Å²) in [6, 6.07) is 13.9. The van der Waals surface area contributed by atoms with Crippen LogP contribution in [0.15, 0.2) is 60.1 Å². The van der Waals surface area contributed by atoms with Gasteiger partial charge in [-0.1, -0.05) is 12.1 Å². The average Bonchev–Trinajstić information content (AvgIpc) is 3.29. The van der Waals surface area contributed by atoms with E-state index in [2.05, 4.69) is 10.3 Å². The van der Waals surface area contributed by atoms with Gasteiger partial charge in [-0.25, -0.2) is 9.37 Å². The number of ether oxygens (including phenoxy) is 1. The third-order valence-corrected chi connectivity index (χ3v) is 5.38. The van der Waals surface area contributed by atoms with Gasteiger partial charge in [0.15, 0.2) is 4.96 Å². The Balaban J connectivity index is 1.41. The number of fused-ring (bicyclic) bond motifs is 1. The van der Waals surface area contributed by atoms with E-state index in [-0.39, 0.29) is 11.7 Å². The van der Waals surface area contributed by atoms with Gasteiger partial charge in [0.2, 0.25) is 5.91 Å². The molecular formula is C22H20FN3O2S. The van der Waals surface area contributed by atoms with Crippen LogP contribution < -0.4 is 10.1 Å². The molecule has 5 nitrogen and oxygen atoms in total. The monoisotopic (exact) mass is 409 g/mol. The van der Waals surface area contributed by atoms with Gasteiger partial charge in [0.25, 0.3) is 0 Å². The van der Waals surface area contributed by atoms with Crippen LogP contribution in [0.25, 0.3) is 16.2 Å². The Morgan fingerprint density at radius 2 is 2.00 bits per heavy atom. The fourth-order valence-electron chi connectivity index (χ4n) is 3.07. The maximum absolute atomic E-state index is 14.0. The van der Waals surface area contributed by atoms with E-state index >= 15 is 0 Å². The summed E-state index contributed by atoms with van der Waals surface area (Å²) >= 11 is 1.48. The minimum Gasteiger partial charge on any atom is -0.494 e. The Morgan fingerprint density at radius 3 is 2.76 bits per heavy atom. The molecule has 2 aromatic carbocycles. The van der Waals surface area contributed by atoms with Crippen LogP contribution in [-0.4, -0.2) is 21.9 Å². The van der Waals surface area contributed by atoms with Crippen LogP contribution in [-0.2, 0) is 11.2 Å². The van der Waals surface area contributed by atoms with Crippen LogP contribution >= 0.6 is 11.3 Å². The number of thiazole rings is 1. The van der Waals surface area contributed by atoms with Crippen molar-refractivity contribution in [3.8, 4) is 17.0 Å². The quantitative estimate of drug-likeness (QED) is 0.458. The normalized spacial score (nSPS) is 11.0. The van der Waals surface area contributed by atoms with Gasteiger partial charge < -0.3 is 10.1 Å². The molecule has 0 fully saturated rings. The van der Waals surface area contributed by atoms with Crippen molar-refractivity contribution in [2.75, 3.05) is 11.9 Å². The lowest BCUT2D eigenvalue weighted by atomic mass is 10.1. The summed E-state index contributed by atoms with van der Waals surface area (Å²) < 4.78 is 21.4. The molecule has 4 rings (SSSR count). The van der Waals surface area contributed by atoms with Gasteiger partial charge in [-0.05, 0) is 49.7 Å². The first-order chi connectivity index (χ1) is 14.1. The second-order valence-corrected chi connectivity index (χ2v) is 7.33. The molecule has 0 aliphatic carbocycles. The van der Waals surface area contributed by atoms with E-state index < -0.39 is 0 Å². The van der Waals surface area contributed by atoms with Crippen LogP contribution in [0, 0.1) is 5.82 Å². The van der Waals surface area contributed by atoms with E-state index in [4.69, 9.17) is 4.74 Å². The van der Waals surface area contributed by atoms with Crippen LogP contribution in [0.1, 0.15) is 19.0 Å². The summed E-state index contributed by atoms with van der Waals surface area (Å²) in [5.74, 6) is 0.411. The Kier molecular flexibility index (Phi) is 5.57. The number of aryl methyl sites for hydroxylation is 1. The highest BCUT2D eigenvalue weighted by Gasteiger charge is 2.13. The molecule has 1 N–H and O–H groups in total. The maximum Gasteiger partial charge on any atom is 0.224 e. The van der Waals surface area contributed by atoms with Gasteiger partial charge in [0.1, 0.15) is 11.6 Å². The zero-order valence-electron chi connectivity index (χ0n) is 15.9. The van der Waals surface area contributed by atoms with E-state index in [1.165, 1.54) is 17.4 Å². The highest BCUT2D eigenvalue weighted by molar-refractivity contribution is 7.15. The summed E-state index contributed by atoms with van der Waals surface area (Å²) in [5.41, 5.74) is 2.78. The average molecular weight is 409 g/mol. The van der Waals surface area contributed by atoms with Crippen LogP contribution in [0.3, 0.4) is 0 Å². The molecule has 0 radical (unpaired) electrons. The molecule has 0 aliphatic heterocycles. The number of hydrogen-bond donors (Lipinski definition) is 1. The number of imidazole rings is 1. The van der Waals surface area contributed by atoms with E-state index in [9.17, 15) is 9.18 Å². The molecule has 2 heterocycles. The Labute approximate surface area is 171 Å². The SMILES string of the molecule is CCOc1ccc(NC(=O)CCc2csc3nc(-c4ccccc4F)cn23)cc1. The molecule has 29 heavy (non-hydrogen) atoms. The molecule has 0 unspecified atom stereocenters. The second kappa shape index (κ2) is 8.45. The van der Waals surface area contributed by atoms with Crippen molar-refractivity contribution in [3.63, 3.8) is 0 Å². The van der Waals surface area contributed by atoms with Gasteiger partial charge in [0, 0.05) is 34.9 Å². The predicted molar refractivity (Wildman–Crippen MR) is 113 cm³/mol. The number of carbonyl (C=O) groups is 1. The third-order valence-electron chi connectivity index (χ3n) is 4.49. The molecule has 0 atom stereocenters. The molecule has 0 saturated heterocycles. The zero-order chi connectivity index (χ0) is 20.2. The van der Waals surface area contributed by atoms with Crippen molar-refractivity contribution < 1.29 is 13.9 Å². The number of amides is 1. The fourth-order valence-corrected chi connectivity index (χ4v) is 3.98. The Bertz CT molecular complexity index is 1130. The van der Waals surface area contributed by atoms with Crippen molar-refractivity contribution in [2.45, 2.75) is 19.8 Å². The lowest BCUT2D eigenvalue weighted by molar-refractivity contribution is -0.116. The van der Waals surface area contributed by atoms with Crippen molar-refractivity contribution in [2.24, 2.45) is 0 Å². The molecule has 4 aromatic rings. The van der Waals surface area contributed by atoms with E-state index in [1.54, 1.807) is 18.2 Å². The minimum atomic E-state index is -0.297. The molecule has 148 valence electrons. The molecule has 0 bridgehead atoms. The van der Waals surface area contributed by atoms with Gasteiger partial charge in [0.05, 0.1) is 12.3 Å². The van der Waals surface area contributed by atoms with Crippen molar-refractivity contribution in [1.29, 1.82) is 0 Å². The molecule has 1 amide bonds. The Hall–Kier alpha value is -3.19. The van der Waals surface area contributed by atoms with Crippen molar-refractivity contribution in [3.05, 3.63) is 71.6 Å². The standard InChI is InChI=1S/C22H20FN3O2S/c1-2-28-17-10-7-15(8-11-17)24-21(27)12-9-16-14-29-22-25-20(13-26(16)22)18-5-3-4-6-19(18)23/h3-8,10-11,13-14H,2,9,12H2,1H3,(H,24,27). The lowest BCUT2D eigenvalue weighted by Gasteiger charge is -2.07. The molecular weight excluding hydrogens is 389 g/mol. The van der Waals surface area contributed by atoms with Gasteiger partial charge in [-0.3, -0.25) is 9.20 Å². The number of benzene rings is 2. The predicted octanol–water partition coefficient (Wildman–Crippen LogP) is 5.17. The first kappa shape index (κ1) is 19.1. The number of halogens is 1. The van der Waals surface area contributed by atoms with Gasteiger partial charge >= 0.3 is 0 Å². The van der Waals surface area contributed by atoms with Crippen LogP contribution in [0.5, 0.6) is 5.75 Å². The summed E-state index contributed by atoms with van der Waals surface area (Å²) in [6.45, 7) is 2.53. The van der Waals surface area contributed by atoms with Crippen LogP contribution in [0.2, 0.25) is 0 Å². The van der Waals surface area contributed by atoms with Crippen molar-refractivity contribution in [1.82, 2.24) is 9.38 Å². The smallest absolute Gasteiger partial charge is 0.224 e. The van der Waals surface area contributed by atoms with Crippen molar-refractivity contribution >= 4 is 27.9 Å². The minimum absolute atomic E-state index is 0.0667. The van der Waals surface area contributed by atoms with Gasteiger partial charge in [-0.2, -0.15) is 0 Å². The molecule has 0 spiro atoms. The third kappa shape index (κ3) is 4.30. The molecule has 2 aromatic heterocycles. The summed E-state index contributed by atoms with van der Waals surface area (Å²) in [7, 11) is 0. The summed E-state index contributed by atoms with van der Waals surface area (Å²) in [6.07, 6.45) is 2.73. The highest BCUT2D eigenvalue weighted by atomic mass is 32.1. The summed E-state index contributed by atoms with van der Waals surface area (Å²) in [5, 5.41) is 4.88. The summed E-state index contributed by atoms with van der Waals surface area (Å²) in [4.78, 5) is 17.6. The van der Waals surface area contributed by atoms with E-state index in [0.29, 0.717) is 30.7 Å².